The second kappa shape index (κ2) is 7.60. The van der Waals surface area contributed by atoms with Crippen LogP contribution in [-0.4, -0.2) is 29.3 Å². The van der Waals surface area contributed by atoms with Crippen LogP contribution in [0.3, 0.4) is 0 Å². The lowest BCUT2D eigenvalue weighted by atomic mass is 10.2. The number of hydrogen-bond acceptors (Lipinski definition) is 5. The number of benzene rings is 2. The Morgan fingerprint density at radius 2 is 2.04 bits per heavy atom. The molecule has 1 atom stereocenters. The number of nitrogens with one attached hydrogen (secondary N) is 1. The molecule has 2 N–H and O–H groups in total. The molecular weight excluding hydrogens is 296 g/mol. The lowest BCUT2D eigenvalue weighted by molar-refractivity contribution is -0.385. The van der Waals surface area contributed by atoms with E-state index in [-0.39, 0.29) is 12.3 Å². The summed E-state index contributed by atoms with van der Waals surface area (Å²) < 4.78 is 5.53. The van der Waals surface area contributed by atoms with E-state index in [1.165, 1.54) is 6.07 Å². The Labute approximate surface area is 134 Å². The van der Waals surface area contributed by atoms with Gasteiger partial charge in [-0.1, -0.05) is 12.1 Å². The largest absolute Gasteiger partial charge is 0.491 e. The number of rotatable bonds is 7. The van der Waals surface area contributed by atoms with Gasteiger partial charge in [-0.05, 0) is 43.7 Å². The maximum absolute atomic E-state index is 10.8. The second-order valence-electron chi connectivity index (χ2n) is 5.42. The molecule has 0 aromatic heterocycles. The minimum atomic E-state index is -0.689. The van der Waals surface area contributed by atoms with Gasteiger partial charge in [0.15, 0.2) is 0 Å². The van der Waals surface area contributed by atoms with Crippen LogP contribution < -0.4 is 10.1 Å². The molecule has 0 amide bonds. The van der Waals surface area contributed by atoms with Gasteiger partial charge in [-0.25, -0.2) is 0 Å². The van der Waals surface area contributed by atoms with E-state index in [1.807, 2.05) is 31.2 Å². The van der Waals surface area contributed by atoms with Crippen LogP contribution in [0.15, 0.2) is 42.5 Å². The smallest absolute Gasteiger partial charge is 0.272 e. The fourth-order valence-electron chi connectivity index (χ4n) is 2.16. The summed E-state index contributed by atoms with van der Waals surface area (Å²) in [4.78, 5) is 10.4. The predicted octanol–water partition coefficient (Wildman–Crippen LogP) is 3.06. The lowest BCUT2D eigenvalue weighted by Gasteiger charge is -2.14. The highest BCUT2D eigenvalue weighted by Gasteiger charge is 2.11. The molecule has 0 bridgehead atoms. The molecular formula is C17H20N2O4. The molecule has 2 aromatic rings. The molecule has 0 aliphatic heterocycles. The van der Waals surface area contributed by atoms with Crippen molar-refractivity contribution < 1.29 is 14.8 Å². The Bertz CT molecular complexity index is 688. The van der Waals surface area contributed by atoms with Crippen molar-refractivity contribution in [2.45, 2.75) is 20.0 Å². The van der Waals surface area contributed by atoms with E-state index in [0.717, 1.165) is 17.0 Å². The number of nitro benzene ring substituents is 1. The summed E-state index contributed by atoms with van der Waals surface area (Å²) in [5.41, 5.74) is 2.48. The maximum Gasteiger partial charge on any atom is 0.272 e. The fourth-order valence-corrected chi connectivity index (χ4v) is 2.16. The summed E-state index contributed by atoms with van der Waals surface area (Å²) in [5.74, 6) is 0.718. The monoisotopic (exact) mass is 316 g/mol. The van der Waals surface area contributed by atoms with Crippen LogP contribution in [0.4, 0.5) is 11.4 Å². The van der Waals surface area contributed by atoms with Crippen LogP contribution in [0.1, 0.15) is 11.1 Å². The van der Waals surface area contributed by atoms with Crippen molar-refractivity contribution in [3.63, 3.8) is 0 Å². The van der Waals surface area contributed by atoms with E-state index in [2.05, 4.69) is 5.32 Å². The Kier molecular flexibility index (Phi) is 5.54. The van der Waals surface area contributed by atoms with E-state index in [4.69, 9.17) is 4.74 Å². The summed E-state index contributed by atoms with van der Waals surface area (Å²) in [6, 6.07) is 12.4. The van der Waals surface area contributed by atoms with E-state index in [9.17, 15) is 15.2 Å². The Morgan fingerprint density at radius 1 is 1.26 bits per heavy atom. The number of aliphatic hydroxyl groups is 1. The fraction of sp³-hybridized carbons (Fsp3) is 0.294. The highest BCUT2D eigenvalue weighted by atomic mass is 16.6. The van der Waals surface area contributed by atoms with Crippen molar-refractivity contribution in [1.82, 2.24) is 0 Å². The van der Waals surface area contributed by atoms with Crippen molar-refractivity contribution in [2.24, 2.45) is 0 Å². The minimum Gasteiger partial charge on any atom is -0.491 e. The third kappa shape index (κ3) is 4.96. The third-order valence-corrected chi connectivity index (χ3v) is 3.37. The number of ether oxygens (including phenoxy) is 1. The average molecular weight is 316 g/mol. The molecule has 0 radical (unpaired) electrons. The van der Waals surface area contributed by atoms with E-state index in [0.29, 0.717) is 12.1 Å². The predicted molar refractivity (Wildman–Crippen MR) is 89.0 cm³/mol. The number of nitro groups is 1. The van der Waals surface area contributed by atoms with Gasteiger partial charge < -0.3 is 15.2 Å². The molecule has 122 valence electrons. The van der Waals surface area contributed by atoms with Crippen LogP contribution in [0, 0.1) is 24.0 Å². The van der Waals surface area contributed by atoms with Crippen LogP contribution in [0.5, 0.6) is 5.75 Å². The van der Waals surface area contributed by atoms with Gasteiger partial charge in [-0.2, -0.15) is 0 Å². The SMILES string of the molecule is Cc1cccc(OCC(O)CNc2ccc([N+](=O)[O-])c(C)c2)c1. The first-order valence-electron chi connectivity index (χ1n) is 7.32. The van der Waals surface area contributed by atoms with Crippen molar-refractivity contribution >= 4 is 11.4 Å². The van der Waals surface area contributed by atoms with Gasteiger partial charge in [-0.15, -0.1) is 0 Å². The molecule has 0 aliphatic carbocycles. The van der Waals surface area contributed by atoms with Crippen LogP contribution in [0.25, 0.3) is 0 Å². The topological polar surface area (TPSA) is 84.6 Å². The van der Waals surface area contributed by atoms with Crippen molar-refractivity contribution in [2.75, 3.05) is 18.5 Å². The number of anilines is 1. The molecule has 2 aromatic carbocycles. The van der Waals surface area contributed by atoms with Crippen molar-refractivity contribution in [1.29, 1.82) is 0 Å². The highest BCUT2D eigenvalue weighted by molar-refractivity contribution is 5.53. The average Bonchev–Trinajstić information content (AvgIpc) is 2.50. The Morgan fingerprint density at radius 3 is 2.70 bits per heavy atom. The van der Waals surface area contributed by atoms with Crippen LogP contribution in [0.2, 0.25) is 0 Å². The van der Waals surface area contributed by atoms with Gasteiger partial charge in [0.2, 0.25) is 0 Å². The second-order valence-corrected chi connectivity index (χ2v) is 5.42. The zero-order valence-electron chi connectivity index (χ0n) is 13.2. The van der Waals surface area contributed by atoms with Gasteiger partial charge in [0, 0.05) is 23.9 Å². The number of hydrogen-bond donors (Lipinski definition) is 2. The minimum absolute atomic E-state index is 0.0823. The van der Waals surface area contributed by atoms with Crippen molar-refractivity contribution in [3.8, 4) is 5.75 Å². The van der Waals surface area contributed by atoms with E-state index >= 15 is 0 Å². The summed E-state index contributed by atoms with van der Waals surface area (Å²) in [7, 11) is 0. The normalized spacial score (nSPS) is 11.8. The molecule has 0 heterocycles. The molecule has 0 saturated carbocycles. The van der Waals surface area contributed by atoms with Gasteiger partial charge in [0.05, 0.1) is 4.92 Å². The standard InChI is InChI=1S/C17H20N2O4/c1-12-4-3-5-16(8-12)23-11-15(20)10-18-14-6-7-17(19(21)22)13(2)9-14/h3-9,15,18,20H,10-11H2,1-2H3. The number of aliphatic hydroxyl groups excluding tert-OH is 1. The molecule has 0 saturated heterocycles. The quantitative estimate of drug-likeness (QED) is 0.606. The third-order valence-electron chi connectivity index (χ3n) is 3.37. The first-order valence-corrected chi connectivity index (χ1v) is 7.32. The summed E-state index contributed by atoms with van der Waals surface area (Å²) in [6.45, 7) is 4.12. The Balaban J connectivity index is 1.83. The number of aryl methyl sites for hydroxylation is 2. The molecule has 0 aliphatic rings. The molecule has 2 rings (SSSR count). The molecule has 1 unspecified atom stereocenters. The van der Waals surface area contributed by atoms with Gasteiger partial charge in [-0.3, -0.25) is 10.1 Å². The van der Waals surface area contributed by atoms with Gasteiger partial charge in [0.25, 0.3) is 5.69 Å². The summed E-state index contributed by atoms with van der Waals surface area (Å²) >= 11 is 0. The summed E-state index contributed by atoms with van der Waals surface area (Å²) in [5, 5.41) is 23.8. The molecule has 6 nitrogen and oxygen atoms in total. The highest BCUT2D eigenvalue weighted by Crippen LogP contribution is 2.21. The zero-order valence-corrected chi connectivity index (χ0v) is 13.2. The summed E-state index contributed by atoms with van der Waals surface area (Å²) in [6.07, 6.45) is -0.689. The Hall–Kier alpha value is -2.60. The molecule has 6 heteroatoms. The maximum atomic E-state index is 10.8. The first kappa shape index (κ1) is 16.8. The molecule has 0 fully saturated rings. The number of nitrogens with zero attached hydrogens (tertiary/aromatic N) is 1. The van der Waals surface area contributed by atoms with E-state index in [1.54, 1.807) is 19.1 Å². The van der Waals surface area contributed by atoms with Crippen LogP contribution >= 0.6 is 0 Å². The van der Waals surface area contributed by atoms with Gasteiger partial charge >= 0.3 is 0 Å². The lowest BCUT2D eigenvalue weighted by Crippen LogP contribution is -2.26. The van der Waals surface area contributed by atoms with Crippen molar-refractivity contribution in [3.05, 3.63) is 63.7 Å². The van der Waals surface area contributed by atoms with E-state index < -0.39 is 11.0 Å². The molecule has 23 heavy (non-hydrogen) atoms. The van der Waals surface area contributed by atoms with Crippen LogP contribution in [-0.2, 0) is 0 Å². The zero-order chi connectivity index (χ0) is 16.8. The first-order chi connectivity index (χ1) is 11.0. The van der Waals surface area contributed by atoms with Gasteiger partial charge in [0.1, 0.15) is 18.5 Å². The molecule has 0 spiro atoms.